The van der Waals surface area contributed by atoms with Gasteiger partial charge in [-0.2, -0.15) is 5.10 Å². The van der Waals surface area contributed by atoms with E-state index in [9.17, 15) is 14.7 Å². The summed E-state index contributed by atoms with van der Waals surface area (Å²) in [5.74, 6) is -0.736. The Kier molecular flexibility index (Phi) is 7.17. The largest absolute Gasteiger partial charge is 0.478 e. The van der Waals surface area contributed by atoms with Gasteiger partial charge in [0.2, 0.25) is 3.79 Å². The predicted molar refractivity (Wildman–Crippen MR) is 131 cm³/mol. The summed E-state index contributed by atoms with van der Waals surface area (Å²) in [5.41, 5.74) is 1.67. The number of hydrogen-bond donors (Lipinski definition) is 2. The van der Waals surface area contributed by atoms with E-state index in [1.54, 1.807) is 18.2 Å². The second-order valence-corrected chi connectivity index (χ2v) is 11.0. The van der Waals surface area contributed by atoms with Gasteiger partial charge < -0.3 is 9.84 Å². The summed E-state index contributed by atoms with van der Waals surface area (Å²) in [4.78, 5) is 24.6. The second-order valence-electron chi connectivity index (χ2n) is 8.52. The number of fused-ring (bicyclic) bond motifs is 1. The molecule has 2 N–H and O–H groups in total. The van der Waals surface area contributed by atoms with Crippen LogP contribution in [0.15, 0.2) is 36.4 Å². The molecule has 0 saturated carbocycles. The highest BCUT2D eigenvalue weighted by Gasteiger charge is 2.26. The number of amides is 1. The van der Waals surface area contributed by atoms with Crippen LogP contribution < -0.4 is 5.32 Å². The van der Waals surface area contributed by atoms with Gasteiger partial charge in [0.1, 0.15) is 12.4 Å². The Morgan fingerprint density at radius 3 is 2.39 bits per heavy atom. The summed E-state index contributed by atoms with van der Waals surface area (Å²) in [7, 11) is 0. The monoisotopic (exact) mass is 511 g/mol. The molecule has 0 atom stereocenters. The van der Waals surface area contributed by atoms with E-state index in [0.717, 1.165) is 5.39 Å². The molecule has 7 nitrogen and oxygen atoms in total. The number of rotatable bonds is 5. The molecule has 0 bridgehead atoms. The smallest absolute Gasteiger partial charge is 0.412 e. The number of carbonyl (C=O) groups is 2. The maximum atomic E-state index is 12.4. The van der Waals surface area contributed by atoms with Crippen LogP contribution in [0, 0.1) is 0 Å². The van der Waals surface area contributed by atoms with Gasteiger partial charge in [0, 0.05) is 11.5 Å². The molecule has 2 aromatic carbocycles. The van der Waals surface area contributed by atoms with Crippen LogP contribution in [0.3, 0.4) is 0 Å². The normalized spacial score (nSPS) is 12.1. The number of ether oxygens (including phenoxy) is 1. The van der Waals surface area contributed by atoms with Gasteiger partial charge in [-0.25, -0.2) is 14.3 Å². The maximum Gasteiger partial charge on any atom is 0.412 e. The molecule has 1 aromatic heterocycles. The minimum atomic E-state index is -1.75. The maximum absolute atomic E-state index is 12.4. The van der Waals surface area contributed by atoms with Crippen molar-refractivity contribution in [2.75, 3.05) is 11.9 Å². The molecule has 10 heteroatoms. The number of benzene rings is 2. The minimum absolute atomic E-state index is 0.197. The lowest BCUT2D eigenvalue weighted by Gasteiger charge is -2.18. The number of anilines is 1. The zero-order valence-electron chi connectivity index (χ0n) is 18.6. The molecule has 176 valence electrons. The summed E-state index contributed by atoms with van der Waals surface area (Å²) < 4.78 is 4.77. The molecule has 0 spiro atoms. The van der Waals surface area contributed by atoms with Crippen LogP contribution in [0.2, 0.25) is 0 Å². The predicted octanol–water partition coefficient (Wildman–Crippen LogP) is 6.50. The Bertz CT molecular complexity index is 1210. The molecular weight excluding hydrogens is 489 g/mol. The van der Waals surface area contributed by atoms with Gasteiger partial charge in [0.05, 0.1) is 16.9 Å². The van der Waals surface area contributed by atoms with Gasteiger partial charge in [-0.1, -0.05) is 86.8 Å². The Hall–Kier alpha value is -2.48. The van der Waals surface area contributed by atoms with E-state index in [-0.39, 0.29) is 11.0 Å². The standard InChI is InChI=1S/C23H24Cl3N3O4/c1-5-14-16(10-13-8-6-7-9-15(13)19(14)20(30)31)29-18(11-17(28-29)22(2,3)4)27-21(32)33-12-23(24,25)26/h6-11H,5,12H2,1-4H3,(H,27,32)(H,30,31). The van der Waals surface area contributed by atoms with Crippen molar-refractivity contribution in [3.63, 3.8) is 0 Å². The van der Waals surface area contributed by atoms with E-state index in [1.165, 1.54) is 4.68 Å². The summed E-state index contributed by atoms with van der Waals surface area (Å²) in [6.45, 7) is 7.37. The number of nitrogens with one attached hydrogen (secondary N) is 1. The van der Waals surface area contributed by atoms with Crippen molar-refractivity contribution in [3.05, 3.63) is 53.2 Å². The lowest BCUT2D eigenvalue weighted by atomic mass is 9.92. The average Bonchev–Trinajstić information content (AvgIpc) is 3.14. The van der Waals surface area contributed by atoms with Crippen molar-refractivity contribution in [1.29, 1.82) is 0 Å². The van der Waals surface area contributed by atoms with E-state index < -0.39 is 22.5 Å². The van der Waals surface area contributed by atoms with Crippen LogP contribution >= 0.6 is 34.8 Å². The minimum Gasteiger partial charge on any atom is -0.478 e. The van der Waals surface area contributed by atoms with E-state index in [4.69, 9.17) is 44.6 Å². The lowest BCUT2D eigenvalue weighted by molar-refractivity contribution is 0.0697. The summed E-state index contributed by atoms with van der Waals surface area (Å²) in [5, 5.41) is 18.7. The fraction of sp³-hybridized carbons (Fsp3) is 0.348. The number of aromatic carboxylic acids is 1. The zero-order valence-corrected chi connectivity index (χ0v) is 20.8. The highest BCUT2D eigenvalue weighted by atomic mass is 35.6. The first kappa shape index (κ1) is 25.1. The van der Waals surface area contributed by atoms with Crippen LogP contribution in [0.4, 0.5) is 10.6 Å². The fourth-order valence-corrected chi connectivity index (χ4v) is 3.64. The molecule has 0 aliphatic carbocycles. The molecular formula is C23H24Cl3N3O4. The van der Waals surface area contributed by atoms with E-state index in [0.29, 0.717) is 34.6 Å². The fourth-order valence-electron chi connectivity index (χ4n) is 3.48. The molecule has 0 fully saturated rings. The van der Waals surface area contributed by atoms with Crippen molar-refractivity contribution < 1.29 is 19.4 Å². The molecule has 1 heterocycles. The molecule has 3 rings (SSSR count). The van der Waals surface area contributed by atoms with Crippen molar-refractivity contribution in [2.45, 2.75) is 43.3 Å². The van der Waals surface area contributed by atoms with Crippen LogP contribution in [-0.4, -0.2) is 37.3 Å². The van der Waals surface area contributed by atoms with E-state index in [1.807, 2.05) is 45.9 Å². The molecule has 0 saturated heterocycles. The van der Waals surface area contributed by atoms with Gasteiger partial charge in [0.15, 0.2) is 0 Å². The van der Waals surface area contributed by atoms with E-state index in [2.05, 4.69) is 5.32 Å². The first-order chi connectivity index (χ1) is 15.3. The summed E-state index contributed by atoms with van der Waals surface area (Å²) in [6.07, 6.45) is -0.399. The van der Waals surface area contributed by atoms with Gasteiger partial charge in [-0.05, 0) is 28.8 Å². The number of halogens is 3. The Labute approximate surface area is 206 Å². The highest BCUT2D eigenvalue weighted by Crippen LogP contribution is 2.33. The third kappa shape index (κ3) is 5.72. The third-order valence-electron chi connectivity index (χ3n) is 5.00. The lowest BCUT2D eigenvalue weighted by Crippen LogP contribution is -2.22. The number of hydrogen-bond acceptors (Lipinski definition) is 4. The number of carboxylic acids is 1. The molecule has 0 aliphatic rings. The Morgan fingerprint density at radius 1 is 1.15 bits per heavy atom. The molecule has 3 aromatic rings. The van der Waals surface area contributed by atoms with Gasteiger partial charge in [-0.3, -0.25) is 5.32 Å². The van der Waals surface area contributed by atoms with Crippen LogP contribution in [0.25, 0.3) is 16.5 Å². The first-order valence-electron chi connectivity index (χ1n) is 10.2. The molecule has 33 heavy (non-hydrogen) atoms. The van der Waals surface area contributed by atoms with Crippen molar-refractivity contribution in [2.24, 2.45) is 0 Å². The highest BCUT2D eigenvalue weighted by molar-refractivity contribution is 6.67. The summed E-state index contributed by atoms with van der Waals surface area (Å²) >= 11 is 17.0. The first-order valence-corrected chi connectivity index (χ1v) is 11.3. The van der Waals surface area contributed by atoms with Crippen LogP contribution in [0.1, 0.15) is 49.3 Å². The number of alkyl halides is 3. The van der Waals surface area contributed by atoms with Gasteiger partial charge in [-0.15, -0.1) is 0 Å². The quantitative estimate of drug-likeness (QED) is 0.380. The van der Waals surface area contributed by atoms with Crippen molar-refractivity contribution in [1.82, 2.24) is 9.78 Å². The average molecular weight is 513 g/mol. The molecule has 0 unspecified atom stereocenters. The van der Waals surface area contributed by atoms with Crippen molar-refractivity contribution in [3.8, 4) is 5.69 Å². The SMILES string of the molecule is CCc1c(-n2nc(C(C)(C)C)cc2NC(=O)OCC(Cl)(Cl)Cl)cc2ccccc2c1C(=O)O. The Morgan fingerprint density at radius 2 is 1.82 bits per heavy atom. The van der Waals surface area contributed by atoms with Crippen LogP contribution in [-0.2, 0) is 16.6 Å². The Balaban J connectivity index is 2.20. The molecule has 0 radical (unpaired) electrons. The van der Waals surface area contributed by atoms with Gasteiger partial charge in [0.25, 0.3) is 0 Å². The third-order valence-corrected chi connectivity index (χ3v) is 5.33. The van der Waals surface area contributed by atoms with Crippen molar-refractivity contribution >= 4 is 63.5 Å². The summed E-state index contributed by atoms with van der Waals surface area (Å²) in [6, 6.07) is 10.8. The second kappa shape index (κ2) is 9.41. The molecule has 1 amide bonds. The number of carboxylic acid groups (broad SMARTS) is 1. The topological polar surface area (TPSA) is 93.5 Å². The number of aromatic nitrogens is 2. The number of carbonyl (C=O) groups excluding carboxylic acids is 1. The van der Waals surface area contributed by atoms with Gasteiger partial charge >= 0.3 is 12.1 Å². The van der Waals surface area contributed by atoms with Crippen LogP contribution in [0.5, 0.6) is 0 Å². The van der Waals surface area contributed by atoms with E-state index >= 15 is 0 Å². The number of nitrogens with zero attached hydrogens (tertiary/aromatic N) is 2. The molecule has 0 aliphatic heterocycles. The zero-order chi connectivity index (χ0) is 24.6.